The quantitative estimate of drug-likeness (QED) is 0.770. The predicted molar refractivity (Wildman–Crippen MR) is 67.7 cm³/mol. The van der Waals surface area contributed by atoms with Gasteiger partial charge in [0.15, 0.2) is 0 Å². The first-order valence-electron chi connectivity index (χ1n) is 7.27. The first-order chi connectivity index (χ1) is 8.70. The number of hydrogen-bond donors (Lipinski definition) is 2. The molecular weight excluding hydrogens is 228 g/mol. The lowest BCUT2D eigenvalue weighted by molar-refractivity contribution is -0.126. The van der Waals surface area contributed by atoms with Crippen LogP contribution < -0.4 is 10.6 Å². The minimum atomic E-state index is -0.0428. The highest BCUT2D eigenvalue weighted by Gasteiger charge is 2.40. The van der Waals surface area contributed by atoms with E-state index in [9.17, 15) is 9.59 Å². The summed E-state index contributed by atoms with van der Waals surface area (Å²) in [7, 11) is 0. The third-order valence-corrected chi connectivity index (χ3v) is 4.72. The lowest BCUT2D eigenvalue weighted by Gasteiger charge is -2.20. The summed E-state index contributed by atoms with van der Waals surface area (Å²) in [5.41, 5.74) is 0. The van der Waals surface area contributed by atoms with E-state index in [1.807, 2.05) is 0 Å². The van der Waals surface area contributed by atoms with Crippen molar-refractivity contribution in [2.24, 2.45) is 17.8 Å². The highest BCUT2D eigenvalue weighted by Crippen LogP contribution is 2.49. The maximum absolute atomic E-state index is 11.8. The molecule has 0 spiro atoms. The fraction of sp³-hybridized carbons (Fsp3) is 0.857. The van der Waals surface area contributed by atoms with E-state index in [-0.39, 0.29) is 18.4 Å². The molecule has 3 fully saturated rings. The molecule has 18 heavy (non-hydrogen) atoms. The maximum Gasteiger partial charge on any atom is 0.239 e. The minimum absolute atomic E-state index is 0.0428. The zero-order valence-electron chi connectivity index (χ0n) is 10.8. The second kappa shape index (κ2) is 4.90. The first kappa shape index (κ1) is 12.0. The van der Waals surface area contributed by atoms with E-state index in [1.54, 1.807) is 0 Å². The monoisotopic (exact) mass is 250 g/mol. The van der Waals surface area contributed by atoms with E-state index in [0.29, 0.717) is 18.4 Å². The van der Waals surface area contributed by atoms with Crippen LogP contribution in [0.5, 0.6) is 0 Å². The number of amides is 2. The molecule has 0 aromatic carbocycles. The lowest BCUT2D eigenvalue weighted by atomic mass is 9.86. The van der Waals surface area contributed by atoms with Crippen LogP contribution in [-0.4, -0.2) is 24.4 Å². The number of carbonyl (C=O) groups excluding carboxylic acids is 2. The van der Waals surface area contributed by atoms with Crippen molar-refractivity contribution in [2.45, 2.75) is 51.0 Å². The van der Waals surface area contributed by atoms with Crippen molar-refractivity contribution in [1.29, 1.82) is 0 Å². The number of rotatable bonds is 5. The lowest BCUT2D eigenvalue weighted by Crippen LogP contribution is -2.38. The summed E-state index contributed by atoms with van der Waals surface area (Å²) < 4.78 is 0. The molecule has 0 aromatic heterocycles. The number of carbonyl (C=O) groups is 2. The Morgan fingerprint density at radius 2 is 1.83 bits per heavy atom. The SMILES string of the molecule is O=C(C[C@H]1C[C@H]2CC[C@@H]1C2)NCC(=O)NC1CC1. The summed E-state index contributed by atoms with van der Waals surface area (Å²) in [6.07, 6.45) is 8.04. The van der Waals surface area contributed by atoms with Gasteiger partial charge in [0.2, 0.25) is 11.8 Å². The smallest absolute Gasteiger partial charge is 0.239 e. The Balaban J connectivity index is 1.35. The summed E-state index contributed by atoms with van der Waals surface area (Å²) in [5.74, 6) is 2.25. The molecular formula is C14H22N2O2. The molecule has 0 aromatic rings. The Kier molecular flexibility index (Phi) is 3.27. The molecule has 4 heteroatoms. The molecule has 0 aliphatic heterocycles. The van der Waals surface area contributed by atoms with Gasteiger partial charge < -0.3 is 10.6 Å². The number of fused-ring (bicyclic) bond motifs is 2. The average molecular weight is 250 g/mol. The van der Waals surface area contributed by atoms with E-state index in [0.717, 1.165) is 24.7 Å². The summed E-state index contributed by atoms with van der Waals surface area (Å²) in [5, 5.41) is 5.63. The molecule has 100 valence electrons. The van der Waals surface area contributed by atoms with Crippen molar-refractivity contribution in [3.8, 4) is 0 Å². The van der Waals surface area contributed by atoms with Crippen LogP contribution >= 0.6 is 0 Å². The van der Waals surface area contributed by atoms with E-state index in [1.165, 1.54) is 25.7 Å². The van der Waals surface area contributed by atoms with Crippen molar-refractivity contribution < 1.29 is 9.59 Å². The molecule has 3 aliphatic rings. The van der Waals surface area contributed by atoms with Crippen LogP contribution in [0.25, 0.3) is 0 Å². The van der Waals surface area contributed by atoms with E-state index in [4.69, 9.17) is 0 Å². The highest BCUT2D eigenvalue weighted by molar-refractivity contribution is 5.85. The van der Waals surface area contributed by atoms with Gasteiger partial charge in [0.05, 0.1) is 6.54 Å². The molecule has 3 saturated carbocycles. The van der Waals surface area contributed by atoms with Crippen LogP contribution in [-0.2, 0) is 9.59 Å². The molecule has 0 saturated heterocycles. The third-order valence-electron chi connectivity index (χ3n) is 4.72. The molecule has 4 nitrogen and oxygen atoms in total. The third kappa shape index (κ3) is 2.85. The summed E-state index contributed by atoms with van der Waals surface area (Å²) in [4.78, 5) is 23.2. The second-order valence-electron chi connectivity index (χ2n) is 6.26. The van der Waals surface area contributed by atoms with Gasteiger partial charge in [-0.25, -0.2) is 0 Å². The van der Waals surface area contributed by atoms with Crippen molar-refractivity contribution in [3.05, 3.63) is 0 Å². The normalized spacial score (nSPS) is 33.4. The van der Waals surface area contributed by atoms with Gasteiger partial charge in [-0.3, -0.25) is 9.59 Å². The molecule has 3 aliphatic carbocycles. The Morgan fingerprint density at radius 1 is 1.00 bits per heavy atom. The van der Waals surface area contributed by atoms with Crippen molar-refractivity contribution >= 4 is 11.8 Å². The van der Waals surface area contributed by atoms with Crippen LogP contribution in [0.4, 0.5) is 0 Å². The fourth-order valence-corrected chi connectivity index (χ4v) is 3.62. The fourth-order valence-electron chi connectivity index (χ4n) is 3.62. The van der Waals surface area contributed by atoms with E-state index < -0.39 is 0 Å². The Labute approximate surface area is 108 Å². The topological polar surface area (TPSA) is 58.2 Å². The van der Waals surface area contributed by atoms with Gasteiger partial charge in [0.25, 0.3) is 0 Å². The second-order valence-corrected chi connectivity index (χ2v) is 6.26. The van der Waals surface area contributed by atoms with Gasteiger partial charge in [-0.1, -0.05) is 6.42 Å². The van der Waals surface area contributed by atoms with Crippen LogP contribution in [0.2, 0.25) is 0 Å². The van der Waals surface area contributed by atoms with Crippen molar-refractivity contribution in [2.75, 3.05) is 6.54 Å². The van der Waals surface area contributed by atoms with Gasteiger partial charge in [-0.05, 0) is 49.9 Å². The molecule has 2 bridgehead atoms. The zero-order valence-corrected chi connectivity index (χ0v) is 10.8. The number of hydrogen-bond acceptors (Lipinski definition) is 2. The number of nitrogens with one attached hydrogen (secondary N) is 2. The molecule has 0 unspecified atom stereocenters. The van der Waals surface area contributed by atoms with Gasteiger partial charge in [-0.15, -0.1) is 0 Å². The molecule has 3 rings (SSSR count). The van der Waals surface area contributed by atoms with Crippen molar-refractivity contribution in [3.63, 3.8) is 0 Å². The van der Waals surface area contributed by atoms with Crippen LogP contribution in [0.3, 0.4) is 0 Å². The average Bonchev–Trinajstić information content (AvgIpc) is 2.90. The summed E-state index contributed by atoms with van der Waals surface area (Å²) in [6, 6.07) is 0.375. The van der Waals surface area contributed by atoms with Crippen LogP contribution in [0.1, 0.15) is 44.9 Å². The molecule has 2 N–H and O–H groups in total. The molecule has 2 amide bonds. The van der Waals surface area contributed by atoms with Gasteiger partial charge in [0.1, 0.15) is 0 Å². The van der Waals surface area contributed by atoms with Crippen LogP contribution in [0, 0.1) is 17.8 Å². The van der Waals surface area contributed by atoms with Crippen LogP contribution in [0.15, 0.2) is 0 Å². The van der Waals surface area contributed by atoms with E-state index in [2.05, 4.69) is 10.6 Å². The largest absolute Gasteiger partial charge is 0.352 e. The molecule has 0 heterocycles. The van der Waals surface area contributed by atoms with Gasteiger partial charge in [0, 0.05) is 12.5 Å². The summed E-state index contributed by atoms with van der Waals surface area (Å²) in [6.45, 7) is 0.149. The predicted octanol–water partition coefficient (Wildman–Crippen LogP) is 1.21. The first-order valence-corrected chi connectivity index (χ1v) is 7.27. The Morgan fingerprint density at radius 3 is 2.44 bits per heavy atom. The van der Waals surface area contributed by atoms with Gasteiger partial charge >= 0.3 is 0 Å². The Bertz CT molecular complexity index is 352. The summed E-state index contributed by atoms with van der Waals surface area (Å²) >= 11 is 0. The molecule has 0 radical (unpaired) electrons. The minimum Gasteiger partial charge on any atom is -0.352 e. The Hall–Kier alpha value is -1.06. The van der Waals surface area contributed by atoms with Gasteiger partial charge in [-0.2, -0.15) is 0 Å². The van der Waals surface area contributed by atoms with E-state index >= 15 is 0 Å². The molecule has 3 atom stereocenters. The highest BCUT2D eigenvalue weighted by atomic mass is 16.2. The van der Waals surface area contributed by atoms with Crippen molar-refractivity contribution in [1.82, 2.24) is 10.6 Å². The zero-order chi connectivity index (χ0) is 12.5. The standard InChI is InChI=1S/C14H22N2O2/c17-13(15-8-14(18)16-12-3-4-12)7-11-6-9-1-2-10(11)5-9/h9-12H,1-8H2,(H,15,17)(H,16,18)/t9-,10+,11+/m0/s1. The maximum atomic E-state index is 11.8.